The average Bonchev–Trinajstić information content (AvgIpc) is 2.82. The van der Waals surface area contributed by atoms with Gasteiger partial charge < -0.3 is 14.4 Å². The second kappa shape index (κ2) is 5.61. The first-order chi connectivity index (χ1) is 9.10. The Bertz CT molecular complexity index is 557. The first kappa shape index (κ1) is 13.2. The van der Waals surface area contributed by atoms with Gasteiger partial charge in [-0.3, -0.25) is 0 Å². The average molecular weight is 259 g/mol. The summed E-state index contributed by atoms with van der Waals surface area (Å²) >= 11 is 0. The Balaban J connectivity index is 2.18. The van der Waals surface area contributed by atoms with E-state index in [0.29, 0.717) is 6.42 Å². The number of aryl methyl sites for hydroxylation is 1. The van der Waals surface area contributed by atoms with E-state index in [1.807, 2.05) is 43.5 Å². The molecule has 0 saturated carbocycles. The second-order valence-corrected chi connectivity index (χ2v) is 4.54. The van der Waals surface area contributed by atoms with Crippen LogP contribution in [-0.4, -0.2) is 22.8 Å². The molecule has 2 aromatic rings. The first-order valence-electron chi connectivity index (χ1n) is 6.10. The van der Waals surface area contributed by atoms with E-state index in [1.54, 1.807) is 17.9 Å². The van der Waals surface area contributed by atoms with Gasteiger partial charge in [0.1, 0.15) is 11.8 Å². The molecule has 0 amide bonds. The molecular weight excluding hydrogens is 242 g/mol. The highest BCUT2D eigenvalue weighted by Crippen LogP contribution is 2.19. The fraction of sp³-hybridized carbons (Fsp3) is 0.267. The molecular formula is C15H17NO3. The predicted molar refractivity (Wildman–Crippen MR) is 72.5 cm³/mol. The fourth-order valence-electron chi connectivity index (χ4n) is 2.02. The fourth-order valence-corrected chi connectivity index (χ4v) is 2.02. The zero-order valence-electron chi connectivity index (χ0n) is 11.0. The number of nitrogens with zero attached hydrogens (tertiary/aromatic N) is 1. The molecule has 0 bridgehead atoms. The van der Waals surface area contributed by atoms with Gasteiger partial charge in [0.15, 0.2) is 0 Å². The number of carbonyl (C=O) groups is 1. The lowest BCUT2D eigenvalue weighted by Gasteiger charge is -2.14. The molecule has 0 radical (unpaired) electrons. The van der Waals surface area contributed by atoms with E-state index in [1.165, 1.54) is 0 Å². The Hall–Kier alpha value is -2.23. The number of benzene rings is 1. The van der Waals surface area contributed by atoms with Gasteiger partial charge in [0.2, 0.25) is 0 Å². The third-order valence-corrected chi connectivity index (χ3v) is 3.10. The number of hydrogen-bond acceptors (Lipinski definition) is 2. The van der Waals surface area contributed by atoms with Crippen LogP contribution in [0.3, 0.4) is 0 Å². The van der Waals surface area contributed by atoms with Gasteiger partial charge in [-0.15, -0.1) is 0 Å². The van der Waals surface area contributed by atoms with Gasteiger partial charge in [0, 0.05) is 18.8 Å². The predicted octanol–water partition coefficient (Wildman–Crippen LogP) is 2.67. The minimum atomic E-state index is -0.827. The summed E-state index contributed by atoms with van der Waals surface area (Å²) < 4.78 is 6.83. The van der Waals surface area contributed by atoms with Crippen LogP contribution in [0.2, 0.25) is 0 Å². The Kier molecular flexibility index (Phi) is 3.90. The van der Waals surface area contributed by atoms with Crippen molar-refractivity contribution in [2.75, 3.05) is 7.11 Å². The minimum absolute atomic E-state index is 0.452. The van der Waals surface area contributed by atoms with Crippen LogP contribution in [0.5, 0.6) is 5.75 Å². The molecule has 0 unspecified atom stereocenters. The summed E-state index contributed by atoms with van der Waals surface area (Å²) in [5.41, 5.74) is 2.03. The van der Waals surface area contributed by atoms with Gasteiger partial charge >= 0.3 is 5.97 Å². The van der Waals surface area contributed by atoms with Crippen molar-refractivity contribution in [2.24, 2.45) is 0 Å². The van der Waals surface area contributed by atoms with Crippen LogP contribution >= 0.6 is 0 Å². The number of carboxylic acid groups (broad SMARTS) is 1. The van der Waals surface area contributed by atoms with Gasteiger partial charge in [-0.05, 0) is 36.2 Å². The maximum absolute atomic E-state index is 11.4. The number of ether oxygens (including phenoxy) is 1. The van der Waals surface area contributed by atoms with Gasteiger partial charge in [-0.25, -0.2) is 4.79 Å². The molecule has 0 spiro atoms. The van der Waals surface area contributed by atoms with E-state index in [4.69, 9.17) is 4.74 Å². The number of aliphatic carboxylic acids is 1. The summed E-state index contributed by atoms with van der Waals surface area (Å²) in [6.45, 7) is 1.95. The maximum atomic E-state index is 11.4. The van der Waals surface area contributed by atoms with Crippen molar-refractivity contribution in [1.82, 2.24) is 4.57 Å². The molecule has 0 aliphatic carbocycles. The summed E-state index contributed by atoms with van der Waals surface area (Å²) in [6, 6.07) is 8.80. The lowest BCUT2D eigenvalue weighted by Crippen LogP contribution is -2.20. The highest BCUT2D eigenvalue weighted by molar-refractivity contribution is 5.72. The van der Waals surface area contributed by atoms with Crippen LogP contribution < -0.4 is 4.74 Å². The van der Waals surface area contributed by atoms with Crippen LogP contribution in [0.1, 0.15) is 17.2 Å². The Labute approximate surface area is 112 Å². The highest BCUT2D eigenvalue weighted by Gasteiger charge is 2.19. The van der Waals surface area contributed by atoms with E-state index >= 15 is 0 Å². The molecule has 0 aliphatic heterocycles. The summed E-state index contributed by atoms with van der Waals surface area (Å²) in [5.74, 6) is -0.0566. The standard InChI is InChI=1S/C15H17NO3/c1-11-7-8-16(10-11)14(15(17)18)9-12-3-5-13(19-2)6-4-12/h3-8,10,14H,9H2,1-2H3,(H,17,18)/t14-/m0/s1. The zero-order valence-corrected chi connectivity index (χ0v) is 11.0. The monoisotopic (exact) mass is 259 g/mol. The van der Waals surface area contributed by atoms with Crippen LogP contribution in [-0.2, 0) is 11.2 Å². The third kappa shape index (κ3) is 3.16. The minimum Gasteiger partial charge on any atom is -0.497 e. The summed E-state index contributed by atoms with van der Waals surface area (Å²) in [4.78, 5) is 11.4. The molecule has 2 rings (SSSR count). The molecule has 0 aliphatic rings. The summed E-state index contributed by atoms with van der Waals surface area (Å²) in [6.07, 6.45) is 4.10. The van der Waals surface area contributed by atoms with Crippen molar-refractivity contribution in [1.29, 1.82) is 0 Å². The van der Waals surface area contributed by atoms with Gasteiger partial charge in [0.25, 0.3) is 0 Å². The van der Waals surface area contributed by atoms with E-state index in [-0.39, 0.29) is 0 Å². The van der Waals surface area contributed by atoms with Crippen LogP contribution in [0.25, 0.3) is 0 Å². The maximum Gasteiger partial charge on any atom is 0.327 e. The van der Waals surface area contributed by atoms with Crippen molar-refractivity contribution in [2.45, 2.75) is 19.4 Å². The molecule has 4 heteroatoms. The molecule has 1 N–H and O–H groups in total. The van der Waals surface area contributed by atoms with E-state index in [0.717, 1.165) is 16.9 Å². The lowest BCUT2D eigenvalue weighted by molar-refractivity contribution is -0.140. The second-order valence-electron chi connectivity index (χ2n) is 4.54. The van der Waals surface area contributed by atoms with Crippen molar-refractivity contribution in [3.05, 3.63) is 53.9 Å². The van der Waals surface area contributed by atoms with Crippen LogP contribution in [0.4, 0.5) is 0 Å². The molecule has 1 heterocycles. The van der Waals surface area contributed by atoms with Crippen molar-refractivity contribution >= 4 is 5.97 Å². The number of methoxy groups -OCH3 is 1. The van der Waals surface area contributed by atoms with E-state index in [2.05, 4.69) is 0 Å². The highest BCUT2D eigenvalue weighted by atomic mass is 16.5. The summed E-state index contributed by atoms with van der Waals surface area (Å²) in [7, 11) is 1.61. The number of aromatic nitrogens is 1. The molecule has 0 fully saturated rings. The number of rotatable bonds is 5. The summed E-state index contributed by atoms with van der Waals surface area (Å²) in [5, 5.41) is 9.35. The number of hydrogen-bond donors (Lipinski definition) is 1. The molecule has 4 nitrogen and oxygen atoms in total. The van der Waals surface area contributed by atoms with E-state index in [9.17, 15) is 9.90 Å². The molecule has 0 saturated heterocycles. The van der Waals surface area contributed by atoms with Crippen LogP contribution in [0, 0.1) is 6.92 Å². The van der Waals surface area contributed by atoms with Gasteiger partial charge in [0.05, 0.1) is 7.11 Å². The van der Waals surface area contributed by atoms with Crippen LogP contribution in [0.15, 0.2) is 42.7 Å². The number of carboxylic acids is 1. The lowest BCUT2D eigenvalue weighted by atomic mass is 10.1. The molecule has 19 heavy (non-hydrogen) atoms. The molecule has 100 valence electrons. The largest absolute Gasteiger partial charge is 0.497 e. The van der Waals surface area contributed by atoms with Crippen molar-refractivity contribution < 1.29 is 14.6 Å². The van der Waals surface area contributed by atoms with Gasteiger partial charge in [-0.1, -0.05) is 12.1 Å². The molecule has 1 aromatic carbocycles. The Morgan fingerprint density at radius 3 is 2.47 bits per heavy atom. The third-order valence-electron chi connectivity index (χ3n) is 3.10. The van der Waals surface area contributed by atoms with Crippen molar-refractivity contribution in [3.63, 3.8) is 0 Å². The normalized spacial score (nSPS) is 12.1. The van der Waals surface area contributed by atoms with E-state index < -0.39 is 12.0 Å². The topological polar surface area (TPSA) is 51.5 Å². The van der Waals surface area contributed by atoms with Gasteiger partial charge in [-0.2, -0.15) is 0 Å². The SMILES string of the molecule is COc1ccc(C[C@@H](C(=O)O)n2ccc(C)c2)cc1. The zero-order chi connectivity index (χ0) is 13.8. The smallest absolute Gasteiger partial charge is 0.327 e. The first-order valence-corrected chi connectivity index (χ1v) is 6.10. The Morgan fingerprint density at radius 1 is 1.32 bits per heavy atom. The Morgan fingerprint density at radius 2 is 2.00 bits per heavy atom. The van der Waals surface area contributed by atoms with Crippen molar-refractivity contribution in [3.8, 4) is 5.75 Å². The molecule has 1 aromatic heterocycles. The molecule has 1 atom stereocenters. The quantitative estimate of drug-likeness (QED) is 0.898.